The number of pyridine rings is 1. The van der Waals surface area contributed by atoms with Crippen LogP contribution in [0.1, 0.15) is 18.1 Å². The molecule has 1 aromatic heterocycles. The third kappa shape index (κ3) is 5.52. The van der Waals surface area contributed by atoms with Crippen LogP contribution >= 0.6 is 11.8 Å². The molecule has 0 unspecified atom stereocenters. The van der Waals surface area contributed by atoms with Crippen molar-refractivity contribution in [1.29, 1.82) is 0 Å². The van der Waals surface area contributed by atoms with E-state index in [4.69, 9.17) is 0 Å². The topological polar surface area (TPSA) is 28.2 Å². The molecular formula is C13H23N3S. The highest BCUT2D eigenvalue weighted by Crippen LogP contribution is 2.20. The molecule has 0 saturated heterocycles. The lowest BCUT2D eigenvalue weighted by Gasteiger charge is -2.10. The molecule has 0 fully saturated rings. The van der Waals surface area contributed by atoms with Crippen LogP contribution in [0.3, 0.4) is 0 Å². The maximum Gasteiger partial charge on any atom is 0.0989 e. The van der Waals surface area contributed by atoms with E-state index in [-0.39, 0.29) is 0 Å². The average molecular weight is 253 g/mol. The molecule has 0 bridgehead atoms. The van der Waals surface area contributed by atoms with E-state index in [9.17, 15) is 0 Å². The summed E-state index contributed by atoms with van der Waals surface area (Å²) in [5, 5.41) is 4.48. The molecule has 17 heavy (non-hydrogen) atoms. The van der Waals surface area contributed by atoms with Crippen molar-refractivity contribution in [2.45, 2.75) is 25.4 Å². The van der Waals surface area contributed by atoms with Gasteiger partial charge in [0, 0.05) is 25.0 Å². The van der Waals surface area contributed by atoms with Crippen LogP contribution in [0, 0.1) is 6.92 Å². The minimum Gasteiger partial charge on any atom is -0.313 e. The fourth-order valence-corrected chi connectivity index (χ4v) is 2.53. The number of hydrogen-bond acceptors (Lipinski definition) is 4. The van der Waals surface area contributed by atoms with Crippen molar-refractivity contribution in [3.8, 4) is 0 Å². The maximum atomic E-state index is 4.53. The zero-order chi connectivity index (χ0) is 12.7. The summed E-state index contributed by atoms with van der Waals surface area (Å²) in [6, 6.07) is 2.23. The second-order valence-electron chi connectivity index (χ2n) is 4.40. The Balaban J connectivity index is 2.50. The van der Waals surface area contributed by atoms with Crippen molar-refractivity contribution < 1.29 is 0 Å². The number of aromatic nitrogens is 1. The number of aryl methyl sites for hydroxylation is 1. The lowest BCUT2D eigenvalue weighted by molar-refractivity contribution is 0.437. The molecule has 0 aromatic carbocycles. The molecule has 0 atom stereocenters. The molecule has 1 rings (SSSR count). The van der Waals surface area contributed by atoms with Gasteiger partial charge in [0.2, 0.25) is 0 Å². The highest BCUT2D eigenvalue weighted by molar-refractivity contribution is 7.99. The molecular weight excluding hydrogens is 230 g/mol. The van der Waals surface area contributed by atoms with Gasteiger partial charge in [-0.1, -0.05) is 13.0 Å². The predicted octanol–water partition coefficient (Wildman–Crippen LogP) is 2.15. The summed E-state index contributed by atoms with van der Waals surface area (Å²) in [4.78, 5) is 6.73. The summed E-state index contributed by atoms with van der Waals surface area (Å²) >= 11 is 1.83. The standard InChI is InChI=1S/C13H23N3S/c1-5-14-9-12-8-11(2)13(15-10-12)17-7-6-16(3)4/h8,10,14H,5-7,9H2,1-4H3. The summed E-state index contributed by atoms with van der Waals surface area (Å²) in [7, 11) is 4.20. The van der Waals surface area contributed by atoms with Crippen molar-refractivity contribution in [3.63, 3.8) is 0 Å². The zero-order valence-electron chi connectivity index (χ0n) is 11.3. The Hall–Kier alpha value is -0.580. The Morgan fingerprint density at radius 3 is 2.76 bits per heavy atom. The SMILES string of the molecule is CCNCc1cnc(SCCN(C)C)c(C)c1. The van der Waals surface area contributed by atoms with E-state index < -0.39 is 0 Å². The molecule has 3 nitrogen and oxygen atoms in total. The lowest BCUT2D eigenvalue weighted by atomic mass is 10.2. The third-order valence-corrected chi connectivity index (χ3v) is 3.53. The molecule has 96 valence electrons. The quantitative estimate of drug-likeness (QED) is 0.754. The molecule has 0 aliphatic heterocycles. The largest absolute Gasteiger partial charge is 0.313 e. The number of nitrogens with zero attached hydrogens (tertiary/aromatic N) is 2. The second-order valence-corrected chi connectivity index (χ2v) is 5.48. The van der Waals surface area contributed by atoms with Crippen LogP contribution < -0.4 is 5.32 Å². The molecule has 1 N–H and O–H groups in total. The van der Waals surface area contributed by atoms with Crippen molar-refractivity contribution in [1.82, 2.24) is 15.2 Å². The van der Waals surface area contributed by atoms with Crippen LogP contribution in [0.5, 0.6) is 0 Å². The number of thioether (sulfide) groups is 1. The Bertz CT molecular complexity index is 339. The Morgan fingerprint density at radius 1 is 1.41 bits per heavy atom. The monoisotopic (exact) mass is 253 g/mol. The molecule has 1 heterocycles. The molecule has 0 aliphatic carbocycles. The molecule has 0 spiro atoms. The smallest absolute Gasteiger partial charge is 0.0989 e. The number of nitrogens with one attached hydrogen (secondary N) is 1. The van der Waals surface area contributed by atoms with E-state index in [0.29, 0.717) is 0 Å². The van der Waals surface area contributed by atoms with Gasteiger partial charge in [-0.25, -0.2) is 4.98 Å². The summed E-state index contributed by atoms with van der Waals surface area (Å²) in [6.07, 6.45) is 1.98. The van der Waals surface area contributed by atoms with E-state index in [1.54, 1.807) is 0 Å². The first-order valence-corrected chi connectivity index (χ1v) is 7.05. The van der Waals surface area contributed by atoms with Gasteiger partial charge in [-0.05, 0) is 38.7 Å². The molecule has 0 radical (unpaired) electrons. The third-order valence-electron chi connectivity index (χ3n) is 2.44. The first-order valence-electron chi connectivity index (χ1n) is 6.07. The van der Waals surface area contributed by atoms with Crippen LogP contribution in [0.4, 0.5) is 0 Å². The maximum absolute atomic E-state index is 4.53. The van der Waals surface area contributed by atoms with Gasteiger partial charge in [-0.15, -0.1) is 11.8 Å². The number of hydrogen-bond donors (Lipinski definition) is 1. The molecule has 4 heteroatoms. The average Bonchev–Trinajstić information content (AvgIpc) is 2.28. The van der Waals surface area contributed by atoms with Crippen LogP contribution in [-0.4, -0.2) is 42.8 Å². The highest BCUT2D eigenvalue weighted by Gasteiger charge is 2.03. The summed E-state index contributed by atoms with van der Waals surface area (Å²) in [5.74, 6) is 1.09. The van der Waals surface area contributed by atoms with Crippen LogP contribution in [-0.2, 0) is 6.54 Å². The van der Waals surface area contributed by atoms with E-state index >= 15 is 0 Å². The Morgan fingerprint density at radius 2 is 2.18 bits per heavy atom. The molecule has 1 aromatic rings. The summed E-state index contributed by atoms with van der Waals surface area (Å²) in [6.45, 7) is 7.25. The van der Waals surface area contributed by atoms with E-state index in [1.807, 2.05) is 18.0 Å². The minimum atomic E-state index is 0.910. The van der Waals surface area contributed by atoms with E-state index in [2.05, 4.69) is 49.2 Å². The normalized spacial score (nSPS) is 11.1. The zero-order valence-corrected chi connectivity index (χ0v) is 12.1. The lowest BCUT2D eigenvalue weighted by Crippen LogP contribution is -2.15. The van der Waals surface area contributed by atoms with Crippen molar-refractivity contribution in [3.05, 3.63) is 23.4 Å². The van der Waals surface area contributed by atoms with Crippen LogP contribution in [0.25, 0.3) is 0 Å². The first-order chi connectivity index (χ1) is 8.13. The van der Waals surface area contributed by atoms with Gasteiger partial charge in [-0.3, -0.25) is 0 Å². The van der Waals surface area contributed by atoms with Gasteiger partial charge in [0.1, 0.15) is 0 Å². The van der Waals surface area contributed by atoms with E-state index in [0.717, 1.165) is 30.4 Å². The first kappa shape index (κ1) is 14.5. The predicted molar refractivity (Wildman–Crippen MR) is 75.6 cm³/mol. The van der Waals surface area contributed by atoms with Gasteiger partial charge >= 0.3 is 0 Å². The molecule has 0 amide bonds. The fourth-order valence-electron chi connectivity index (χ4n) is 1.46. The minimum absolute atomic E-state index is 0.910. The van der Waals surface area contributed by atoms with Crippen LogP contribution in [0.2, 0.25) is 0 Å². The Kier molecular flexibility index (Phi) is 6.55. The molecule has 0 saturated carbocycles. The van der Waals surface area contributed by atoms with Gasteiger partial charge in [-0.2, -0.15) is 0 Å². The van der Waals surface area contributed by atoms with Gasteiger partial charge in [0.05, 0.1) is 5.03 Å². The van der Waals surface area contributed by atoms with E-state index in [1.165, 1.54) is 11.1 Å². The van der Waals surface area contributed by atoms with Crippen molar-refractivity contribution in [2.24, 2.45) is 0 Å². The summed E-state index contributed by atoms with van der Waals surface area (Å²) in [5.41, 5.74) is 2.55. The van der Waals surface area contributed by atoms with Gasteiger partial charge in [0.15, 0.2) is 0 Å². The van der Waals surface area contributed by atoms with Crippen LogP contribution in [0.15, 0.2) is 17.3 Å². The van der Waals surface area contributed by atoms with Crippen molar-refractivity contribution >= 4 is 11.8 Å². The molecule has 0 aliphatic rings. The number of rotatable bonds is 7. The summed E-state index contributed by atoms with van der Waals surface area (Å²) < 4.78 is 0. The van der Waals surface area contributed by atoms with Crippen molar-refractivity contribution in [2.75, 3.05) is 32.9 Å². The highest BCUT2D eigenvalue weighted by atomic mass is 32.2. The van der Waals surface area contributed by atoms with Gasteiger partial charge < -0.3 is 10.2 Å². The Labute approximate surface area is 109 Å². The van der Waals surface area contributed by atoms with Gasteiger partial charge in [0.25, 0.3) is 0 Å². The second kappa shape index (κ2) is 7.69. The fraction of sp³-hybridized carbons (Fsp3) is 0.615.